The summed E-state index contributed by atoms with van der Waals surface area (Å²) in [6.07, 6.45) is 3.24. The smallest absolute Gasteiger partial charge is 0.295 e. The number of morpholine rings is 1. The van der Waals surface area contributed by atoms with Crippen LogP contribution in [-0.4, -0.2) is 77.8 Å². The lowest BCUT2D eigenvalue weighted by molar-refractivity contribution is -0.140. The van der Waals surface area contributed by atoms with Gasteiger partial charge in [-0.15, -0.1) is 0 Å². The number of nitrogens with zero attached hydrogens (tertiary/aromatic N) is 3. The van der Waals surface area contributed by atoms with Gasteiger partial charge in [-0.3, -0.25) is 19.5 Å². The van der Waals surface area contributed by atoms with Crippen LogP contribution in [0.5, 0.6) is 11.5 Å². The molecule has 2 saturated heterocycles. The van der Waals surface area contributed by atoms with E-state index in [1.807, 2.05) is 0 Å². The average Bonchev–Trinajstić information content (AvgIpc) is 3.40. The highest BCUT2D eigenvalue weighted by Gasteiger charge is 2.46. The molecule has 4 heterocycles. The van der Waals surface area contributed by atoms with Gasteiger partial charge in [0.15, 0.2) is 11.5 Å². The van der Waals surface area contributed by atoms with Crippen molar-refractivity contribution < 1.29 is 28.9 Å². The molecule has 0 bridgehead atoms. The fraction of sp³-hybridized carbons (Fsp3) is 0.348. The molecule has 2 aromatic rings. The maximum atomic E-state index is 13.1. The molecule has 166 valence electrons. The zero-order valence-electron chi connectivity index (χ0n) is 17.4. The van der Waals surface area contributed by atoms with Gasteiger partial charge in [0.05, 0.1) is 24.8 Å². The molecule has 3 aliphatic rings. The van der Waals surface area contributed by atoms with Gasteiger partial charge in [-0.1, -0.05) is 6.07 Å². The zero-order valence-corrected chi connectivity index (χ0v) is 17.4. The Bertz CT molecular complexity index is 1060. The Morgan fingerprint density at radius 3 is 2.69 bits per heavy atom. The number of likely N-dealkylation sites (tertiary alicyclic amines) is 1. The summed E-state index contributed by atoms with van der Waals surface area (Å²) in [7, 11) is 0. The van der Waals surface area contributed by atoms with Crippen molar-refractivity contribution in [1.82, 2.24) is 14.8 Å². The fourth-order valence-corrected chi connectivity index (χ4v) is 4.27. The molecule has 1 aromatic carbocycles. The topological polar surface area (TPSA) is 101 Å². The molecule has 0 aliphatic carbocycles. The maximum Gasteiger partial charge on any atom is 0.295 e. The molecule has 0 saturated carbocycles. The molecule has 1 amide bonds. The standard InChI is InChI=1S/C23H23N3O6/c27-21(15-3-4-17-18(12-15)32-14-31-17)19-20(16-2-1-5-24-13-16)26(23(29)22(19)28)7-6-25-8-10-30-11-9-25/h1-5,12-13,20,27H,6-11,14H2/t20-/m1/s1. The minimum atomic E-state index is -0.727. The first-order valence-corrected chi connectivity index (χ1v) is 10.5. The lowest BCUT2D eigenvalue weighted by atomic mass is 9.96. The van der Waals surface area contributed by atoms with Gasteiger partial charge in [0.2, 0.25) is 6.79 Å². The van der Waals surface area contributed by atoms with Gasteiger partial charge in [-0.25, -0.2) is 0 Å². The van der Waals surface area contributed by atoms with Crippen molar-refractivity contribution in [1.29, 1.82) is 0 Å². The molecule has 9 heteroatoms. The number of Topliss-reactive ketones (excluding diaryl/α,β-unsaturated/α-hetero) is 1. The summed E-state index contributed by atoms with van der Waals surface area (Å²) in [5, 5.41) is 11.1. The summed E-state index contributed by atoms with van der Waals surface area (Å²) in [6.45, 7) is 3.90. The third-order valence-electron chi connectivity index (χ3n) is 5.95. The molecule has 32 heavy (non-hydrogen) atoms. The Hall–Kier alpha value is -3.43. The second-order valence-corrected chi connectivity index (χ2v) is 7.80. The number of pyridine rings is 1. The minimum absolute atomic E-state index is 0.0452. The molecule has 1 aromatic heterocycles. The van der Waals surface area contributed by atoms with Gasteiger partial charge in [-0.05, 0) is 29.8 Å². The van der Waals surface area contributed by atoms with Crippen LogP contribution in [0, 0.1) is 0 Å². The monoisotopic (exact) mass is 437 g/mol. The summed E-state index contributed by atoms with van der Waals surface area (Å²) < 4.78 is 16.1. The van der Waals surface area contributed by atoms with Crippen LogP contribution in [0.3, 0.4) is 0 Å². The van der Waals surface area contributed by atoms with Crippen molar-refractivity contribution >= 4 is 17.4 Å². The molecule has 0 unspecified atom stereocenters. The highest BCUT2D eigenvalue weighted by molar-refractivity contribution is 6.46. The first-order chi connectivity index (χ1) is 15.6. The second kappa shape index (κ2) is 8.60. The number of amides is 1. The van der Waals surface area contributed by atoms with E-state index in [1.54, 1.807) is 42.7 Å². The number of aliphatic hydroxyl groups is 1. The molecule has 2 fully saturated rings. The Morgan fingerprint density at radius 1 is 1.09 bits per heavy atom. The highest BCUT2D eigenvalue weighted by atomic mass is 16.7. The van der Waals surface area contributed by atoms with Crippen molar-refractivity contribution in [2.75, 3.05) is 46.2 Å². The van der Waals surface area contributed by atoms with Crippen LogP contribution in [0.2, 0.25) is 0 Å². The maximum absolute atomic E-state index is 13.1. The molecule has 3 aliphatic heterocycles. The lowest BCUT2D eigenvalue weighted by Gasteiger charge is -2.30. The van der Waals surface area contributed by atoms with E-state index in [2.05, 4.69) is 9.88 Å². The van der Waals surface area contributed by atoms with Crippen LogP contribution in [0.15, 0.2) is 48.3 Å². The van der Waals surface area contributed by atoms with Crippen molar-refractivity contribution in [2.45, 2.75) is 6.04 Å². The molecular formula is C23H23N3O6. The number of hydrogen-bond acceptors (Lipinski definition) is 8. The first-order valence-electron chi connectivity index (χ1n) is 10.5. The Labute approximate surface area is 184 Å². The van der Waals surface area contributed by atoms with Crippen molar-refractivity contribution in [2.24, 2.45) is 0 Å². The summed E-state index contributed by atoms with van der Waals surface area (Å²) in [6, 6.07) is 7.75. The van der Waals surface area contributed by atoms with E-state index in [1.165, 1.54) is 4.90 Å². The number of rotatable bonds is 5. The van der Waals surface area contributed by atoms with E-state index < -0.39 is 17.7 Å². The third-order valence-corrected chi connectivity index (χ3v) is 5.95. The Balaban J connectivity index is 1.52. The summed E-state index contributed by atoms with van der Waals surface area (Å²) in [5.74, 6) is -0.542. The van der Waals surface area contributed by atoms with Crippen LogP contribution in [0.4, 0.5) is 0 Å². The predicted molar refractivity (Wildman–Crippen MR) is 113 cm³/mol. The van der Waals surface area contributed by atoms with E-state index in [-0.39, 0.29) is 18.1 Å². The van der Waals surface area contributed by atoms with Crippen LogP contribution in [0.25, 0.3) is 5.76 Å². The fourth-order valence-electron chi connectivity index (χ4n) is 4.27. The summed E-state index contributed by atoms with van der Waals surface area (Å²) in [5.41, 5.74) is 1.09. The number of ether oxygens (including phenoxy) is 3. The normalized spacial score (nSPS) is 22.5. The van der Waals surface area contributed by atoms with E-state index >= 15 is 0 Å². The number of fused-ring (bicyclic) bond motifs is 1. The van der Waals surface area contributed by atoms with Crippen LogP contribution >= 0.6 is 0 Å². The van der Waals surface area contributed by atoms with Crippen LogP contribution < -0.4 is 9.47 Å². The van der Waals surface area contributed by atoms with Crippen LogP contribution in [-0.2, 0) is 14.3 Å². The molecule has 0 radical (unpaired) electrons. The van der Waals surface area contributed by atoms with Gasteiger partial charge in [-0.2, -0.15) is 0 Å². The number of carbonyl (C=O) groups is 2. The van der Waals surface area contributed by atoms with Crippen molar-refractivity contribution in [3.8, 4) is 11.5 Å². The summed E-state index contributed by atoms with van der Waals surface area (Å²) >= 11 is 0. The number of carbonyl (C=O) groups excluding carboxylic acids is 2. The third kappa shape index (κ3) is 3.69. The van der Waals surface area contributed by atoms with E-state index in [0.29, 0.717) is 48.9 Å². The minimum Gasteiger partial charge on any atom is -0.507 e. The van der Waals surface area contributed by atoms with Crippen molar-refractivity contribution in [3.63, 3.8) is 0 Å². The quantitative estimate of drug-likeness (QED) is 0.427. The molecule has 1 N–H and O–H groups in total. The lowest BCUT2D eigenvalue weighted by Crippen LogP contribution is -2.42. The molecule has 5 rings (SSSR count). The van der Waals surface area contributed by atoms with Gasteiger partial charge >= 0.3 is 0 Å². The average molecular weight is 437 g/mol. The van der Waals surface area contributed by atoms with Gasteiger partial charge in [0, 0.05) is 44.1 Å². The largest absolute Gasteiger partial charge is 0.507 e. The highest BCUT2D eigenvalue weighted by Crippen LogP contribution is 2.41. The van der Waals surface area contributed by atoms with E-state index in [0.717, 1.165) is 13.1 Å². The SMILES string of the molecule is O=C1C(=O)N(CCN2CCOCC2)[C@H](c2cccnc2)C1=C(O)c1ccc2c(c1)OCO2. The van der Waals surface area contributed by atoms with Gasteiger partial charge < -0.3 is 24.2 Å². The number of ketones is 1. The second-order valence-electron chi connectivity index (χ2n) is 7.80. The number of aliphatic hydroxyl groups excluding tert-OH is 1. The van der Waals surface area contributed by atoms with Gasteiger partial charge in [0.1, 0.15) is 5.76 Å². The Kier molecular flexibility index (Phi) is 5.50. The van der Waals surface area contributed by atoms with E-state index in [9.17, 15) is 14.7 Å². The van der Waals surface area contributed by atoms with E-state index in [4.69, 9.17) is 14.2 Å². The zero-order chi connectivity index (χ0) is 22.1. The molecule has 0 spiro atoms. The number of benzene rings is 1. The predicted octanol–water partition coefficient (Wildman–Crippen LogP) is 1.56. The van der Waals surface area contributed by atoms with Crippen LogP contribution in [0.1, 0.15) is 17.2 Å². The van der Waals surface area contributed by atoms with Gasteiger partial charge in [0.25, 0.3) is 11.7 Å². The van der Waals surface area contributed by atoms with Crippen molar-refractivity contribution in [3.05, 3.63) is 59.4 Å². The molecule has 9 nitrogen and oxygen atoms in total. The molecular weight excluding hydrogens is 414 g/mol. The number of hydrogen-bond donors (Lipinski definition) is 1. The first kappa shape index (κ1) is 20.5. The number of aromatic nitrogens is 1. The molecule has 1 atom stereocenters. The summed E-state index contributed by atoms with van der Waals surface area (Å²) in [4.78, 5) is 34.0. The Morgan fingerprint density at radius 2 is 1.91 bits per heavy atom.